The molecule has 6 aromatic rings. The van der Waals surface area contributed by atoms with Gasteiger partial charge in [0.15, 0.2) is 11.4 Å². The second-order valence-corrected chi connectivity index (χ2v) is 20.0. The zero-order chi connectivity index (χ0) is 53.8. The third-order valence-corrected chi connectivity index (χ3v) is 13.8. The Hall–Kier alpha value is -6.85. The van der Waals surface area contributed by atoms with Gasteiger partial charge in [0.05, 0.1) is 29.6 Å². The predicted octanol–water partition coefficient (Wildman–Crippen LogP) is 14.0. The third-order valence-electron chi connectivity index (χ3n) is 13.8. The van der Waals surface area contributed by atoms with Gasteiger partial charge < -0.3 is 25.2 Å². The van der Waals surface area contributed by atoms with Crippen LogP contribution in [-0.2, 0) is 60.0 Å². The predicted molar refractivity (Wildman–Crippen MR) is 294 cm³/mol. The molecule has 4 aromatic carbocycles. The molecule has 1 aliphatic rings. The summed E-state index contributed by atoms with van der Waals surface area (Å²) in [7, 11) is 6.96. The van der Waals surface area contributed by atoms with Gasteiger partial charge in [-0.2, -0.15) is 19.9 Å². The first kappa shape index (κ1) is 59.7. The topological polar surface area (TPSA) is 194 Å². The van der Waals surface area contributed by atoms with Gasteiger partial charge in [0.25, 0.3) is 0 Å². The van der Waals surface area contributed by atoms with E-state index in [0.717, 1.165) is 54.8 Å². The van der Waals surface area contributed by atoms with Crippen LogP contribution in [0.2, 0.25) is 0 Å². The molecule has 399 valence electrons. The first-order valence-corrected chi connectivity index (χ1v) is 25.2. The maximum absolute atomic E-state index is 10.1. The summed E-state index contributed by atoms with van der Waals surface area (Å²) in [6.45, 7) is 24.5. The van der Waals surface area contributed by atoms with E-state index in [4.69, 9.17) is 9.84 Å². The normalized spacial score (nSPS) is 13.2. The van der Waals surface area contributed by atoms with Crippen molar-refractivity contribution in [3.8, 4) is 29.0 Å². The number of hydrogen-bond donors (Lipinski definition) is 4. The van der Waals surface area contributed by atoms with Crippen LogP contribution in [-0.4, -0.2) is 77.2 Å². The third kappa shape index (κ3) is 13.8. The number of anilines is 1. The number of azo groups is 2. The molecule has 0 bridgehead atoms. The van der Waals surface area contributed by atoms with E-state index in [1.807, 2.05) is 80.6 Å². The molecule has 17 heteroatoms. The molecule has 0 unspecified atom stereocenters. The van der Waals surface area contributed by atoms with Gasteiger partial charge in [0.2, 0.25) is 23.2 Å². The number of aromatic nitrogens is 4. The molecule has 0 saturated carbocycles. The second-order valence-electron chi connectivity index (χ2n) is 20.0. The van der Waals surface area contributed by atoms with Crippen molar-refractivity contribution in [2.24, 2.45) is 39.7 Å². The Morgan fingerprint density at radius 1 is 0.676 bits per heavy atom. The second kappa shape index (κ2) is 25.9. The average molecular weight is 1060 g/mol. The van der Waals surface area contributed by atoms with Crippen molar-refractivity contribution in [3.63, 3.8) is 0 Å². The Morgan fingerprint density at radius 2 is 1.14 bits per heavy atom. The summed E-state index contributed by atoms with van der Waals surface area (Å²) < 4.78 is 10.3. The Balaban J connectivity index is 0.000000239. The summed E-state index contributed by atoms with van der Waals surface area (Å²) in [6.07, 6.45) is 7.13. The first-order valence-electron chi connectivity index (χ1n) is 25.2. The standard InChI is InChI=1S/C21H26N3O.2C18H26N4O2.Co/c1-6-24-19-10-8-7-9-18(19)21(2,3)20(24)15-22-23(4)16-11-13-17(25-5)14-12-16;2*1-6-8-13-16(17(24)22(5)21-13)20-19-14-11-12(9-10-15(14)23)18(3,4)7-2;/h7-15H,6H2,1-5H3;2*9-11,23-24H,6-8H2,1-5H3;/q+1;;;. The molecule has 0 aliphatic carbocycles. The van der Waals surface area contributed by atoms with E-state index >= 15 is 0 Å². The van der Waals surface area contributed by atoms with E-state index in [1.54, 1.807) is 33.3 Å². The van der Waals surface area contributed by atoms with E-state index in [-0.39, 0.29) is 56.3 Å². The maximum Gasteiger partial charge on any atom is 0.238 e. The zero-order valence-electron chi connectivity index (χ0n) is 46.1. The van der Waals surface area contributed by atoms with E-state index < -0.39 is 0 Å². The number of fused-ring (bicyclic) bond motifs is 1. The Kier molecular flexibility index (Phi) is 20.9. The van der Waals surface area contributed by atoms with Gasteiger partial charge in [-0.05, 0) is 117 Å². The molecular formula is C57H78CoN11O5+. The molecule has 0 amide bonds. The van der Waals surface area contributed by atoms with Crippen molar-refractivity contribution >= 4 is 46.1 Å². The van der Waals surface area contributed by atoms with Crippen LogP contribution in [0, 0.1) is 0 Å². The van der Waals surface area contributed by atoms with Crippen LogP contribution in [0.15, 0.2) is 110 Å². The Labute approximate surface area is 448 Å². The molecule has 0 fully saturated rings. The van der Waals surface area contributed by atoms with Crippen molar-refractivity contribution in [2.45, 2.75) is 131 Å². The number of hydrogen-bond acceptors (Lipinski definition) is 13. The molecule has 1 radical (unpaired) electrons. The van der Waals surface area contributed by atoms with Crippen LogP contribution in [0.4, 0.5) is 34.1 Å². The van der Waals surface area contributed by atoms with Crippen LogP contribution in [0.25, 0.3) is 0 Å². The minimum atomic E-state index is -0.0587. The number of nitrogens with zero attached hydrogens (tertiary/aromatic N) is 11. The largest absolute Gasteiger partial charge is 0.506 e. The van der Waals surface area contributed by atoms with E-state index in [9.17, 15) is 20.4 Å². The molecule has 1 aliphatic heterocycles. The number of aryl methyl sites for hydroxylation is 4. The minimum absolute atomic E-state index is 0. The van der Waals surface area contributed by atoms with Crippen molar-refractivity contribution in [2.75, 3.05) is 25.7 Å². The molecule has 7 rings (SSSR count). The SMILES string of the molecule is CCCc1nn(C)c(O)c1N=Nc1cc(C(C)(C)CC)ccc1O.CCCc1nn(C)c(O)c1N=Nc1cc(C(C)(C)CC)ccc1O.CC[N+]1=C(/C=N/N(C)c2ccc(OC)cc2)C(C)(C)c2ccccc21.[Co]. The number of phenols is 2. The fourth-order valence-corrected chi connectivity index (χ4v) is 8.22. The molecule has 74 heavy (non-hydrogen) atoms. The Bertz CT molecular complexity index is 2820. The Morgan fingerprint density at radius 3 is 1.55 bits per heavy atom. The van der Waals surface area contributed by atoms with E-state index in [1.165, 1.54) is 26.3 Å². The summed E-state index contributed by atoms with van der Waals surface area (Å²) in [5.41, 5.74) is 9.86. The minimum Gasteiger partial charge on any atom is -0.506 e. The molecule has 16 nitrogen and oxygen atoms in total. The van der Waals surface area contributed by atoms with Crippen LogP contribution in [0.3, 0.4) is 0 Å². The fourth-order valence-electron chi connectivity index (χ4n) is 8.22. The van der Waals surface area contributed by atoms with Crippen molar-refractivity contribution in [3.05, 3.63) is 113 Å². The summed E-state index contributed by atoms with van der Waals surface area (Å²) >= 11 is 0. The van der Waals surface area contributed by atoms with Crippen LogP contribution in [0.1, 0.15) is 130 Å². The summed E-state index contributed by atoms with van der Waals surface area (Å²) in [4.78, 5) is 0. The number of benzene rings is 4. The van der Waals surface area contributed by atoms with E-state index in [0.29, 0.717) is 47.0 Å². The number of para-hydroxylation sites is 1. The van der Waals surface area contributed by atoms with Crippen molar-refractivity contribution in [1.29, 1.82) is 0 Å². The summed E-state index contributed by atoms with van der Waals surface area (Å²) in [5, 5.41) is 72.1. The molecule has 2 aromatic heterocycles. The van der Waals surface area contributed by atoms with Gasteiger partial charge in [-0.25, -0.2) is 9.36 Å². The molecule has 0 spiro atoms. The van der Waals surface area contributed by atoms with Crippen molar-refractivity contribution in [1.82, 2.24) is 19.6 Å². The number of aromatic hydroxyl groups is 4. The molecule has 0 atom stereocenters. The van der Waals surface area contributed by atoms with E-state index in [2.05, 4.69) is 122 Å². The monoisotopic (exact) mass is 1060 g/mol. The molecule has 0 saturated heterocycles. The van der Waals surface area contributed by atoms with Gasteiger partial charge in [-0.3, -0.25) is 5.01 Å². The quantitative estimate of drug-likeness (QED) is 0.0300. The first-order chi connectivity index (χ1) is 34.6. The molecule has 4 N–H and O–H groups in total. The number of hydrazone groups is 1. The summed E-state index contributed by atoms with van der Waals surface area (Å²) in [5.74, 6) is 0.933. The van der Waals surface area contributed by atoms with Crippen LogP contribution in [0.5, 0.6) is 29.0 Å². The van der Waals surface area contributed by atoms with Gasteiger partial charge in [-0.15, -0.1) is 20.5 Å². The van der Waals surface area contributed by atoms with Crippen molar-refractivity contribution < 1.29 is 46.5 Å². The fraction of sp³-hybridized carbons (Fsp3) is 0.439. The number of methoxy groups -OCH3 is 1. The number of ether oxygens (including phenoxy) is 1. The van der Waals surface area contributed by atoms with Gasteiger partial charge in [-0.1, -0.05) is 98.6 Å². The zero-order valence-corrected chi connectivity index (χ0v) is 47.1. The maximum atomic E-state index is 10.1. The smallest absolute Gasteiger partial charge is 0.238 e. The number of rotatable bonds is 17. The van der Waals surface area contributed by atoms with Crippen LogP contribution < -0.4 is 9.75 Å². The molecular weight excluding hydrogens is 978 g/mol. The van der Waals surface area contributed by atoms with Gasteiger partial charge >= 0.3 is 0 Å². The number of phenolic OH excluding ortho intramolecular Hbond substituents is 2. The van der Waals surface area contributed by atoms with Gasteiger partial charge in [0, 0.05) is 49.6 Å². The summed E-state index contributed by atoms with van der Waals surface area (Å²) in [6, 6.07) is 27.3. The van der Waals surface area contributed by atoms with Crippen LogP contribution >= 0.6 is 0 Å². The van der Waals surface area contributed by atoms with Gasteiger partial charge in [0.1, 0.15) is 41.4 Å². The average Bonchev–Trinajstić information content (AvgIpc) is 3.90. The molecule has 3 heterocycles.